The molecule has 3 aromatic carbocycles. The second-order valence-corrected chi connectivity index (χ2v) is 16.2. The van der Waals surface area contributed by atoms with E-state index in [2.05, 4.69) is 48.4 Å². The molecule has 2 saturated heterocycles. The van der Waals surface area contributed by atoms with Gasteiger partial charge in [0, 0.05) is 50.5 Å². The molecular weight excluding hydrogens is 640 g/mol. The minimum atomic E-state index is -0.504. The quantitative estimate of drug-likeness (QED) is 0.102. The first kappa shape index (κ1) is 37.0. The van der Waals surface area contributed by atoms with E-state index in [0.717, 1.165) is 54.6 Å². The molecule has 0 aromatic heterocycles. The number of benzene rings is 3. The number of fused-ring (bicyclic) bond motifs is 2. The molecule has 2 bridgehead atoms. The van der Waals surface area contributed by atoms with Gasteiger partial charge in [-0.15, -0.1) is 0 Å². The lowest BCUT2D eigenvalue weighted by Crippen LogP contribution is -2.42. The number of likely N-dealkylation sites (tertiary alicyclic amines) is 1. The van der Waals surface area contributed by atoms with Crippen LogP contribution in [0.1, 0.15) is 113 Å². The van der Waals surface area contributed by atoms with Crippen LogP contribution in [0.25, 0.3) is 0 Å². The molecule has 3 fully saturated rings. The number of carbonyl (C=O) groups excluding carboxylic acids is 2. The average Bonchev–Trinajstić information content (AvgIpc) is 3.35. The van der Waals surface area contributed by atoms with Crippen molar-refractivity contribution in [1.82, 2.24) is 10.2 Å². The van der Waals surface area contributed by atoms with Crippen molar-refractivity contribution in [3.63, 3.8) is 0 Å². The summed E-state index contributed by atoms with van der Waals surface area (Å²) >= 11 is 0. The highest BCUT2D eigenvalue weighted by molar-refractivity contribution is 5.93. The number of para-hydroxylation sites is 2. The van der Waals surface area contributed by atoms with E-state index < -0.39 is 6.29 Å². The summed E-state index contributed by atoms with van der Waals surface area (Å²) in [5.74, 6) is -0.0685. The largest absolute Gasteiger partial charge is 0.397 e. The number of rotatable bonds is 14. The van der Waals surface area contributed by atoms with Crippen molar-refractivity contribution >= 4 is 23.2 Å². The molecule has 5 atom stereocenters. The van der Waals surface area contributed by atoms with Gasteiger partial charge in [-0.2, -0.15) is 0 Å². The third kappa shape index (κ3) is 9.98. The summed E-state index contributed by atoms with van der Waals surface area (Å²) in [5.41, 5.74) is 11.7. The van der Waals surface area contributed by atoms with E-state index in [1.54, 1.807) is 12.1 Å². The third-order valence-corrected chi connectivity index (χ3v) is 10.9. The van der Waals surface area contributed by atoms with E-state index in [4.69, 9.17) is 15.2 Å². The van der Waals surface area contributed by atoms with E-state index in [1.165, 1.54) is 19.3 Å². The van der Waals surface area contributed by atoms with E-state index in [9.17, 15) is 14.7 Å². The molecule has 2 heterocycles. The first-order valence-corrected chi connectivity index (χ1v) is 18.7. The third-order valence-electron chi connectivity index (χ3n) is 10.9. The first-order chi connectivity index (χ1) is 24.5. The van der Waals surface area contributed by atoms with Crippen molar-refractivity contribution in [3.05, 3.63) is 95.1 Å². The zero-order chi connectivity index (χ0) is 36.0. The normalized spacial score (nSPS) is 25.7. The molecule has 2 unspecified atom stereocenters. The lowest BCUT2D eigenvalue weighted by Gasteiger charge is -2.41. The summed E-state index contributed by atoms with van der Waals surface area (Å²) in [6, 6.07) is 24.0. The average molecular weight is 697 g/mol. The fraction of sp³-hybridized carbons (Fsp3) is 0.524. The highest BCUT2D eigenvalue weighted by Crippen LogP contribution is 2.53. The second-order valence-electron chi connectivity index (χ2n) is 16.2. The maximum atomic E-state index is 12.6. The molecule has 1 saturated carbocycles. The summed E-state index contributed by atoms with van der Waals surface area (Å²) < 4.78 is 13.3. The molecule has 3 aromatic rings. The maximum Gasteiger partial charge on any atom is 0.224 e. The van der Waals surface area contributed by atoms with Gasteiger partial charge in [-0.3, -0.25) is 14.5 Å². The van der Waals surface area contributed by atoms with Crippen LogP contribution in [0.5, 0.6) is 0 Å². The molecule has 2 amide bonds. The van der Waals surface area contributed by atoms with Crippen LogP contribution in [0.4, 0.5) is 11.4 Å². The fourth-order valence-corrected chi connectivity index (χ4v) is 8.74. The zero-order valence-corrected chi connectivity index (χ0v) is 30.5. The highest BCUT2D eigenvalue weighted by atomic mass is 16.7. The zero-order valence-electron chi connectivity index (χ0n) is 30.5. The number of nitrogens with zero attached hydrogens (tertiary/aromatic N) is 1. The molecule has 5 N–H and O–H groups in total. The molecule has 3 aliphatic rings. The van der Waals surface area contributed by atoms with Gasteiger partial charge < -0.3 is 30.9 Å². The van der Waals surface area contributed by atoms with Gasteiger partial charge in [-0.25, -0.2) is 0 Å². The number of carbonyl (C=O) groups is 2. The lowest BCUT2D eigenvalue weighted by atomic mass is 9.65. The highest BCUT2D eigenvalue weighted by Gasteiger charge is 2.50. The van der Waals surface area contributed by atoms with Crippen LogP contribution in [-0.4, -0.2) is 47.1 Å². The predicted octanol–water partition coefficient (Wildman–Crippen LogP) is 7.41. The van der Waals surface area contributed by atoms with Crippen molar-refractivity contribution in [1.29, 1.82) is 0 Å². The van der Waals surface area contributed by atoms with Gasteiger partial charge in [-0.1, -0.05) is 87.9 Å². The van der Waals surface area contributed by atoms with Crippen molar-refractivity contribution < 1.29 is 24.2 Å². The smallest absolute Gasteiger partial charge is 0.224 e. The molecular formula is C42H56N4O5. The molecule has 2 aliphatic heterocycles. The number of hydrogen-bond donors (Lipinski definition) is 4. The van der Waals surface area contributed by atoms with Gasteiger partial charge in [0.05, 0.1) is 30.2 Å². The number of ether oxygens (including phenoxy) is 2. The number of amides is 2. The number of hydrogen-bond acceptors (Lipinski definition) is 7. The molecule has 9 heteroatoms. The number of anilines is 2. The Morgan fingerprint density at radius 1 is 0.863 bits per heavy atom. The van der Waals surface area contributed by atoms with Crippen molar-refractivity contribution in [2.45, 2.75) is 116 Å². The van der Waals surface area contributed by atoms with Crippen LogP contribution in [0.3, 0.4) is 0 Å². The number of unbranched alkanes of at least 4 members (excludes halogenated alkanes) is 2. The Labute approximate surface area is 303 Å². The summed E-state index contributed by atoms with van der Waals surface area (Å²) in [6.45, 7) is 9.76. The van der Waals surface area contributed by atoms with Gasteiger partial charge in [0.25, 0.3) is 0 Å². The van der Waals surface area contributed by atoms with Gasteiger partial charge in [0.15, 0.2) is 6.29 Å². The molecule has 51 heavy (non-hydrogen) atoms. The van der Waals surface area contributed by atoms with Crippen molar-refractivity contribution in [2.75, 3.05) is 24.1 Å². The van der Waals surface area contributed by atoms with Gasteiger partial charge in [0.1, 0.15) is 0 Å². The topological polar surface area (TPSA) is 126 Å². The molecule has 1 aliphatic carbocycles. The number of aliphatic hydroxyl groups is 1. The Morgan fingerprint density at radius 3 is 2.27 bits per heavy atom. The standard InChI is InChI=1S/C42H56N4O5/c1-41(2)22-33-23-42(3,27-41)28-46(33)25-34-21-37(31-17-15-30(26-47)16-18-31)51-40(50-34)32-19-13-29(14-20-32)24-44-38(48)11-5-4-6-12-39(49)45-36-10-8-7-9-35(36)43/h7-10,13-20,33-34,37,40,47H,4-6,11-12,21-28,43H2,1-3H3,(H,44,48)(H,45,49)/t33?,34-,37+,40+,42?/m1/s1. The minimum Gasteiger partial charge on any atom is -0.397 e. The molecule has 0 radical (unpaired) electrons. The van der Waals surface area contributed by atoms with Gasteiger partial charge in [0.2, 0.25) is 11.8 Å². The Kier molecular flexibility index (Phi) is 11.8. The minimum absolute atomic E-state index is 0.00101. The number of nitrogens with two attached hydrogens (primary N) is 1. The lowest BCUT2D eigenvalue weighted by molar-refractivity contribution is -0.253. The predicted molar refractivity (Wildman–Crippen MR) is 200 cm³/mol. The Hall–Kier alpha value is -3.76. The summed E-state index contributed by atoms with van der Waals surface area (Å²) in [4.78, 5) is 27.5. The van der Waals surface area contributed by atoms with Crippen LogP contribution in [0.15, 0.2) is 72.8 Å². The Balaban J connectivity index is 0.994. The second kappa shape index (κ2) is 16.3. The maximum absolute atomic E-state index is 12.6. The fourth-order valence-electron chi connectivity index (χ4n) is 8.74. The molecule has 6 rings (SSSR count). The van der Waals surface area contributed by atoms with Crippen molar-refractivity contribution in [3.8, 4) is 0 Å². The van der Waals surface area contributed by atoms with E-state index in [-0.39, 0.29) is 30.6 Å². The Morgan fingerprint density at radius 2 is 1.55 bits per heavy atom. The summed E-state index contributed by atoms with van der Waals surface area (Å²) in [6.07, 6.45) is 6.98. The van der Waals surface area contributed by atoms with Crippen LogP contribution < -0.4 is 16.4 Å². The SMILES string of the molecule is CC1(C)CC2CC(C)(CN2C[C@H]2C[C@@H](c3ccc(CO)cc3)O[C@@H](c3ccc(CNC(=O)CCCCCC(=O)Nc4ccccc4N)cc3)O2)C1. The van der Waals surface area contributed by atoms with E-state index in [1.807, 2.05) is 48.5 Å². The van der Waals surface area contributed by atoms with Crippen molar-refractivity contribution in [2.24, 2.45) is 10.8 Å². The van der Waals surface area contributed by atoms with Gasteiger partial charge >= 0.3 is 0 Å². The molecule has 9 nitrogen and oxygen atoms in total. The number of aliphatic hydroxyl groups excluding tert-OH is 1. The number of nitrogen functional groups attached to an aromatic ring is 1. The number of nitrogens with one attached hydrogen (secondary N) is 2. The monoisotopic (exact) mass is 696 g/mol. The van der Waals surface area contributed by atoms with Crippen LogP contribution >= 0.6 is 0 Å². The van der Waals surface area contributed by atoms with Crippen LogP contribution in [0.2, 0.25) is 0 Å². The summed E-state index contributed by atoms with van der Waals surface area (Å²) in [5, 5.41) is 15.5. The van der Waals surface area contributed by atoms with E-state index in [0.29, 0.717) is 54.1 Å². The molecule has 0 spiro atoms. The van der Waals surface area contributed by atoms with E-state index >= 15 is 0 Å². The Bertz CT molecular complexity index is 1630. The van der Waals surface area contributed by atoms with Crippen LogP contribution in [0, 0.1) is 10.8 Å². The van der Waals surface area contributed by atoms with Crippen LogP contribution in [-0.2, 0) is 32.2 Å². The summed E-state index contributed by atoms with van der Waals surface area (Å²) in [7, 11) is 0. The molecule has 274 valence electrons. The van der Waals surface area contributed by atoms with Gasteiger partial charge in [-0.05, 0) is 71.8 Å². The first-order valence-electron chi connectivity index (χ1n) is 18.7.